The van der Waals surface area contributed by atoms with Crippen molar-refractivity contribution >= 4 is 23.0 Å². The van der Waals surface area contributed by atoms with Gasteiger partial charge in [-0.15, -0.1) is 0 Å². The van der Waals surface area contributed by atoms with Gasteiger partial charge in [-0.2, -0.15) is 5.10 Å². The first-order valence-corrected chi connectivity index (χ1v) is 10.6. The molecule has 32 heavy (non-hydrogen) atoms. The molecule has 3 aromatic heterocycles. The second kappa shape index (κ2) is 7.74. The lowest BCUT2D eigenvalue weighted by Crippen LogP contribution is -2.48. The highest BCUT2D eigenvalue weighted by Gasteiger charge is 2.44. The number of carbonyl (C=O) groups excluding carboxylic acids is 1. The summed E-state index contributed by atoms with van der Waals surface area (Å²) in [6.07, 6.45) is 6.57. The lowest BCUT2D eigenvalue weighted by molar-refractivity contribution is -0.148. The predicted molar refractivity (Wildman–Crippen MR) is 120 cm³/mol. The molecule has 4 aromatic rings. The molecule has 0 atom stereocenters. The van der Waals surface area contributed by atoms with E-state index in [9.17, 15) is 4.79 Å². The molecule has 1 fully saturated rings. The van der Waals surface area contributed by atoms with Gasteiger partial charge in [0.15, 0.2) is 17.0 Å². The van der Waals surface area contributed by atoms with Crippen LogP contribution in [-0.2, 0) is 29.0 Å². The topological polar surface area (TPSA) is 91.0 Å². The average Bonchev–Trinajstić information content (AvgIpc) is 3.42. The molecular weight excluding hydrogens is 406 g/mol. The maximum atomic E-state index is 12.9. The van der Waals surface area contributed by atoms with Crippen LogP contribution in [0.2, 0.25) is 0 Å². The molecule has 9 heteroatoms. The van der Waals surface area contributed by atoms with Gasteiger partial charge in [0.2, 0.25) is 0 Å². The van der Waals surface area contributed by atoms with Crippen LogP contribution >= 0.6 is 0 Å². The summed E-state index contributed by atoms with van der Waals surface area (Å²) < 4.78 is 8.94. The van der Waals surface area contributed by atoms with Crippen LogP contribution in [0.4, 0.5) is 5.82 Å². The van der Waals surface area contributed by atoms with Gasteiger partial charge < -0.3 is 14.2 Å². The minimum Gasteiger partial charge on any atom is -0.468 e. The second-order valence-corrected chi connectivity index (χ2v) is 8.19. The van der Waals surface area contributed by atoms with Crippen molar-refractivity contribution in [2.75, 3.05) is 25.1 Å². The minimum atomic E-state index is -0.649. The zero-order valence-electron chi connectivity index (χ0n) is 18.4. The third-order valence-corrected chi connectivity index (χ3v) is 6.42. The Bertz CT molecular complexity index is 1270. The number of anilines is 1. The number of imidazole rings is 1. The SMILES string of the molecule is COC(=O)C1(c2ccccc2)CCN(c2ncnc3c2nc(-c2cnn(C)c2)n3C)CC1. The molecule has 0 radical (unpaired) electrons. The minimum absolute atomic E-state index is 0.187. The third kappa shape index (κ3) is 3.12. The van der Waals surface area contributed by atoms with Gasteiger partial charge in [0.25, 0.3) is 0 Å². The Labute approximate surface area is 185 Å². The number of methoxy groups -OCH3 is 1. The fourth-order valence-electron chi connectivity index (χ4n) is 4.68. The van der Waals surface area contributed by atoms with Gasteiger partial charge in [0, 0.05) is 33.4 Å². The quantitative estimate of drug-likeness (QED) is 0.459. The summed E-state index contributed by atoms with van der Waals surface area (Å²) in [5.41, 5.74) is 2.78. The monoisotopic (exact) mass is 431 g/mol. The number of benzene rings is 1. The molecule has 0 amide bonds. The molecule has 4 heterocycles. The summed E-state index contributed by atoms with van der Waals surface area (Å²) in [7, 11) is 5.29. The average molecular weight is 432 g/mol. The normalized spacial score (nSPS) is 15.8. The molecular formula is C23H25N7O2. The van der Waals surface area contributed by atoms with Crippen molar-refractivity contribution < 1.29 is 9.53 Å². The molecule has 164 valence electrons. The Balaban J connectivity index is 1.49. The first-order valence-electron chi connectivity index (χ1n) is 10.6. The predicted octanol–water partition coefficient (Wildman–Crippen LogP) is 2.48. The fraction of sp³-hybridized carbons (Fsp3) is 0.348. The highest BCUT2D eigenvalue weighted by Crippen LogP contribution is 2.39. The van der Waals surface area contributed by atoms with Gasteiger partial charge in [-0.3, -0.25) is 9.48 Å². The second-order valence-electron chi connectivity index (χ2n) is 8.19. The maximum Gasteiger partial charge on any atom is 0.316 e. The number of hydrogen-bond donors (Lipinski definition) is 0. The van der Waals surface area contributed by atoms with Crippen LogP contribution in [0.25, 0.3) is 22.6 Å². The van der Waals surface area contributed by atoms with Crippen molar-refractivity contribution in [2.24, 2.45) is 14.1 Å². The van der Waals surface area contributed by atoms with Crippen LogP contribution in [0.1, 0.15) is 18.4 Å². The van der Waals surface area contributed by atoms with Crippen LogP contribution in [0.5, 0.6) is 0 Å². The van der Waals surface area contributed by atoms with Gasteiger partial charge in [-0.05, 0) is 18.4 Å². The van der Waals surface area contributed by atoms with E-state index in [4.69, 9.17) is 9.72 Å². The van der Waals surface area contributed by atoms with Crippen LogP contribution in [-0.4, -0.2) is 55.5 Å². The summed E-state index contributed by atoms with van der Waals surface area (Å²) in [5, 5.41) is 4.26. The van der Waals surface area contributed by atoms with Crippen LogP contribution in [0.3, 0.4) is 0 Å². The van der Waals surface area contributed by atoms with E-state index < -0.39 is 5.41 Å². The van der Waals surface area contributed by atoms with Crippen molar-refractivity contribution in [3.63, 3.8) is 0 Å². The summed E-state index contributed by atoms with van der Waals surface area (Å²) in [6, 6.07) is 9.91. The van der Waals surface area contributed by atoms with Gasteiger partial charge in [0.1, 0.15) is 12.2 Å². The lowest BCUT2D eigenvalue weighted by Gasteiger charge is -2.40. The Kier molecular flexibility index (Phi) is 4.88. The third-order valence-electron chi connectivity index (χ3n) is 6.42. The Morgan fingerprint density at radius 1 is 1.09 bits per heavy atom. The van der Waals surface area contributed by atoms with Crippen molar-refractivity contribution in [2.45, 2.75) is 18.3 Å². The van der Waals surface area contributed by atoms with E-state index in [0.29, 0.717) is 25.9 Å². The zero-order valence-corrected chi connectivity index (χ0v) is 18.4. The molecule has 0 aliphatic carbocycles. The molecule has 5 rings (SSSR count). The largest absolute Gasteiger partial charge is 0.468 e. The number of piperidine rings is 1. The summed E-state index contributed by atoms with van der Waals surface area (Å²) >= 11 is 0. The van der Waals surface area contributed by atoms with Crippen molar-refractivity contribution in [3.05, 3.63) is 54.6 Å². The molecule has 1 aromatic carbocycles. The van der Waals surface area contributed by atoms with Crippen LogP contribution in [0, 0.1) is 0 Å². The van der Waals surface area contributed by atoms with E-state index in [-0.39, 0.29) is 5.97 Å². The van der Waals surface area contributed by atoms with Crippen molar-refractivity contribution in [1.82, 2.24) is 29.3 Å². The van der Waals surface area contributed by atoms with Crippen LogP contribution in [0.15, 0.2) is 49.1 Å². The molecule has 1 aliphatic heterocycles. The number of nitrogens with zero attached hydrogens (tertiary/aromatic N) is 7. The van der Waals surface area contributed by atoms with Crippen molar-refractivity contribution in [1.29, 1.82) is 0 Å². The molecule has 0 N–H and O–H groups in total. The number of carbonyl (C=O) groups is 1. The molecule has 1 saturated heterocycles. The van der Waals surface area contributed by atoms with E-state index >= 15 is 0 Å². The standard InChI is InChI=1S/C23H25N7O2/c1-28-14-16(13-26-28)19-27-18-20(29(19)2)24-15-25-21(18)30-11-9-23(10-12-30,22(31)32-3)17-7-5-4-6-8-17/h4-8,13-15H,9-12H2,1-3H3. The molecule has 0 unspecified atom stereocenters. The number of aromatic nitrogens is 6. The van der Waals surface area contributed by atoms with Crippen LogP contribution < -0.4 is 4.90 Å². The van der Waals surface area contributed by atoms with E-state index in [1.54, 1.807) is 17.2 Å². The fourth-order valence-corrected chi connectivity index (χ4v) is 4.68. The molecule has 0 saturated carbocycles. The lowest BCUT2D eigenvalue weighted by atomic mass is 9.72. The van der Waals surface area contributed by atoms with E-state index in [0.717, 1.165) is 33.9 Å². The van der Waals surface area contributed by atoms with Gasteiger partial charge in [0.05, 0.1) is 24.3 Å². The summed E-state index contributed by atoms with van der Waals surface area (Å²) in [6.45, 7) is 1.32. The molecule has 9 nitrogen and oxygen atoms in total. The number of ether oxygens (including phenoxy) is 1. The van der Waals surface area contributed by atoms with Gasteiger partial charge in [-0.25, -0.2) is 15.0 Å². The van der Waals surface area contributed by atoms with Crippen molar-refractivity contribution in [3.8, 4) is 11.4 Å². The zero-order chi connectivity index (χ0) is 22.3. The number of fused-ring (bicyclic) bond motifs is 1. The van der Waals surface area contributed by atoms with Gasteiger partial charge >= 0.3 is 5.97 Å². The van der Waals surface area contributed by atoms with Gasteiger partial charge in [-0.1, -0.05) is 30.3 Å². The molecule has 1 aliphatic rings. The number of hydrogen-bond acceptors (Lipinski definition) is 7. The van der Waals surface area contributed by atoms with E-state index in [2.05, 4.69) is 20.0 Å². The van der Waals surface area contributed by atoms with E-state index in [1.807, 2.05) is 55.2 Å². The highest BCUT2D eigenvalue weighted by atomic mass is 16.5. The summed E-state index contributed by atoms with van der Waals surface area (Å²) in [4.78, 5) is 29.0. The number of esters is 1. The number of aryl methyl sites for hydroxylation is 2. The highest BCUT2D eigenvalue weighted by molar-refractivity contribution is 5.87. The Hall–Kier alpha value is -3.75. The first kappa shape index (κ1) is 20.2. The molecule has 0 bridgehead atoms. The number of rotatable bonds is 4. The molecule has 0 spiro atoms. The smallest absolute Gasteiger partial charge is 0.316 e. The Morgan fingerprint density at radius 2 is 1.84 bits per heavy atom. The summed E-state index contributed by atoms with van der Waals surface area (Å²) in [5.74, 6) is 1.39. The first-order chi connectivity index (χ1) is 15.5. The maximum absolute atomic E-state index is 12.9. The van der Waals surface area contributed by atoms with E-state index in [1.165, 1.54) is 7.11 Å². The Morgan fingerprint density at radius 3 is 2.50 bits per heavy atom.